The number of para-hydroxylation sites is 1. The minimum absolute atomic E-state index is 0.129. The number of nitrogens with zero attached hydrogens (tertiary/aromatic N) is 2. The third-order valence-corrected chi connectivity index (χ3v) is 7.04. The maximum Gasteiger partial charge on any atom is 0.266 e. The Bertz CT molecular complexity index is 1170. The Kier molecular flexibility index (Phi) is 5.83. The zero-order valence-electron chi connectivity index (χ0n) is 16.2. The first kappa shape index (κ1) is 20.4. The van der Waals surface area contributed by atoms with E-state index in [0.29, 0.717) is 4.80 Å². The molecule has 2 aromatic carbocycles. The van der Waals surface area contributed by atoms with E-state index < -0.39 is 22.0 Å². The number of benzene rings is 2. The van der Waals surface area contributed by atoms with Gasteiger partial charge in [-0.25, -0.2) is 8.42 Å². The van der Waals surface area contributed by atoms with Crippen LogP contribution in [-0.2, 0) is 21.9 Å². The maximum absolute atomic E-state index is 12.8. The Labute approximate surface area is 168 Å². The summed E-state index contributed by atoms with van der Waals surface area (Å²) in [7, 11) is -1.99. The number of aromatic nitrogens is 1. The fraction of sp³-hybridized carbons (Fsp3) is 0.300. The highest BCUT2D eigenvalue weighted by atomic mass is 32.2. The van der Waals surface area contributed by atoms with Gasteiger partial charge in [0, 0.05) is 7.05 Å². The highest BCUT2D eigenvalue weighted by Gasteiger charge is 2.28. The topological polar surface area (TPSA) is 80.5 Å². The van der Waals surface area contributed by atoms with E-state index in [-0.39, 0.29) is 10.8 Å². The molecule has 0 aliphatic rings. The molecule has 1 amide bonds. The largest absolute Gasteiger partial charge is 0.319 e. The summed E-state index contributed by atoms with van der Waals surface area (Å²) in [5.41, 5.74) is 1.93. The number of aryl methyl sites for hydroxylation is 2. The molecule has 1 N–H and O–H groups in total. The Morgan fingerprint density at radius 2 is 1.75 bits per heavy atom. The highest BCUT2D eigenvalue weighted by molar-refractivity contribution is 7.89. The van der Waals surface area contributed by atoms with E-state index in [9.17, 15) is 13.2 Å². The first-order valence-electron chi connectivity index (χ1n) is 8.91. The van der Waals surface area contributed by atoms with Gasteiger partial charge >= 0.3 is 0 Å². The Balaban J connectivity index is 1.94. The number of amides is 1. The van der Waals surface area contributed by atoms with Crippen LogP contribution in [0.3, 0.4) is 0 Å². The van der Waals surface area contributed by atoms with E-state index in [0.717, 1.165) is 15.8 Å². The molecule has 0 radical (unpaired) electrons. The van der Waals surface area contributed by atoms with Gasteiger partial charge in [0.05, 0.1) is 15.1 Å². The number of hydrogen-bond donors (Lipinski definition) is 1. The van der Waals surface area contributed by atoms with Crippen LogP contribution in [0.1, 0.15) is 19.4 Å². The molecule has 1 atom stereocenters. The van der Waals surface area contributed by atoms with Crippen molar-refractivity contribution in [3.8, 4) is 0 Å². The van der Waals surface area contributed by atoms with Gasteiger partial charge in [0.15, 0.2) is 4.80 Å². The van der Waals surface area contributed by atoms with Crippen molar-refractivity contribution in [2.45, 2.75) is 31.7 Å². The lowest BCUT2D eigenvalue weighted by Gasteiger charge is -2.19. The van der Waals surface area contributed by atoms with Crippen molar-refractivity contribution in [2.75, 3.05) is 0 Å². The molecule has 148 valence electrons. The van der Waals surface area contributed by atoms with Crippen LogP contribution in [0.2, 0.25) is 0 Å². The van der Waals surface area contributed by atoms with Gasteiger partial charge in [0.1, 0.15) is 6.04 Å². The van der Waals surface area contributed by atoms with Crippen LogP contribution in [0.4, 0.5) is 0 Å². The molecule has 1 unspecified atom stereocenters. The van der Waals surface area contributed by atoms with Crippen LogP contribution >= 0.6 is 11.3 Å². The van der Waals surface area contributed by atoms with Gasteiger partial charge in [-0.05, 0) is 37.1 Å². The summed E-state index contributed by atoms with van der Waals surface area (Å²) in [4.78, 5) is 17.7. The molecule has 0 aliphatic carbocycles. The molecule has 8 heteroatoms. The van der Waals surface area contributed by atoms with Crippen molar-refractivity contribution in [3.05, 3.63) is 58.9 Å². The Morgan fingerprint density at radius 1 is 1.11 bits per heavy atom. The van der Waals surface area contributed by atoms with Crippen LogP contribution in [-0.4, -0.2) is 24.9 Å². The predicted octanol–water partition coefficient (Wildman–Crippen LogP) is 2.98. The van der Waals surface area contributed by atoms with Crippen molar-refractivity contribution in [1.82, 2.24) is 9.29 Å². The molecular weight excluding hydrogens is 394 g/mol. The summed E-state index contributed by atoms with van der Waals surface area (Å²) in [6, 6.07) is 13.3. The maximum atomic E-state index is 12.8. The molecule has 0 spiro atoms. The summed E-state index contributed by atoms with van der Waals surface area (Å²) < 4.78 is 30.8. The lowest BCUT2D eigenvalue weighted by atomic mass is 10.1. The molecule has 1 heterocycles. The zero-order valence-corrected chi connectivity index (χ0v) is 17.8. The molecule has 6 nitrogen and oxygen atoms in total. The third-order valence-electron chi connectivity index (χ3n) is 4.47. The first-order chi connectivity index (χ1) is 13.2. The lowest BCUT2D eigenvalue weighted by molar-refractivity contribution is -0.120. The van der Waals surface area contributed by atoms with Crippen LogP contribution in [0.5, 0.6) is 0 Å². The molecule has 0 aliphatic heterocycles. The second-order valence-corrected chi connectivity index (χ2v) is 9.74. The van der Waals surface area contributed by atoms with Crippen molar-refractivity contribution in [3.63, 3.8) is 0 Å². The fourth-order valence-corrected chi connectivity index (χ4v) is 5.14. The van der Waals surface area contributed by atoms with Crippen LogP contribution in [0.25, 0.3) is 10.2 Å². The molecule has 0 saturated carbocycles. The number of fused-ring (bicyclic) bond motifs is 1. The fourth-order valence-electron chi connectivity index (χ4n) is 2.78. The van der Waals surface area contributed by atoms with E-state index in [1.807, 2.05) is 42.8 Å². The Morgan fingerprint density at radius 3 is 2.36 bits per heavy atom. The minimum Gasteiger partial charge on any atom is -0.319 e. The molecule has 3 aromatic rings. The van der Waals surface area contributed by atoms with Gasteiger partial charge in [0.25, 0.3) is 5.91 Å². The lowest BCUT2D eigenvalue weighted by Crippen LogP contribution is -2.44. The standard InChI is InChI=1S/C20H23N3O3S2/c1-13(2)18(22-28(25,26)15-11-9-14(3)10-12-15)19(24)21-20-23(4)16-7-5-6-8-17(16)27-20/h5-13,18,22H,1-4H3. The quantitative estimate of drug-likeness (QED) is 0.693. The van der Waals surface area contributed by atoms with Gasteiger partial charge in [-0.3, -0.25) is 4.79 Å². The van der Waals surface area contributed by atoms with Gasteiger partial charge in [-0.1, -0.05) is 55.0 Å². The molecule has 3 rings (SSSR count). The average molecular weight is 418 g/mol. The average Bonchev–Trinajstić information content (AvgIpc) is 2.96. The first-order valence-corrected chi connectivity index (χ1v) is 11.2. The summed E-state index contributed by atoms with van der Waals surface area (Å²) in [5.74, 6) is -0.760. The summed E-state index contributed by atoms with van der Waals surface area (Å²) in [6.45, 7) is 5.47. The third kappa shape index (κ3) is 4.24. The van der Waals surface area contributed by atoms with E-state index in [1.165, 1.54) is 23.5 Å². The number of thiazole rings is 1. The number of sulfonamides is 1. The van der Waals surface area contributed by atoms with Crippen molar-refractivity contribution < 1.29 is 13.2 Å². The van der Waals surface area contributed by atoms with Gasteiger partial charge < -0.3 is 4.57 Å². The molecule has 0 saturated heterocycles. The number of hydrogen-bond acceptors (Lipinski definition) is 4. The van der Waals surface area contributed by atoms with E-state index in [4.69, 9.17) is 0 Å². The van der Waals surface area contributed by atoms with Crippen molar-refractivity contribution in [2.24, 2.45) is 18.0 Å². The van der Waals surface area contributed by atoms with Crippen LogP contribution in [0, 0.1) is 12.8 Å². The van der Waals surface area contributed by atoms with Crippen molar-refractivity contribution in [1.29, 1.82) is 0 Å². The van der Waals surface area contributed by atoms with E-state index in [1.54, 1.807) is 26.0 Å². The second-order valence-electron chi connectivity index (χ2n) is 7.02. The zero-order chi connectivity index (χ0) is 20.5. The number of carbonyl (C=O) groups excluding carboxylic acids is 1. The molecule has 0 bridgehead atoms. The van der Waals surface area contributed by atoms with Crippen LogP contribution in [0.15, 0.2) is 58.4 Å². The minimum atomic E-state index is -3.83. The summed E-state index contributed by atoms with van der Waals surface area (Å²) in [6.07, 6.45) is 0. The molecular formula is C20H23N3O3S2. The van der Waals surface area contributed by atoms with Crippen molar-refractivity contribution >= 4 is 37.5 Å². The second kappa shape index (κ2) is 7.98. The summed E-state index contributed by atoms with van der Waals surface area (Å²) in [5, 5.41) is 0. The normalized spacial score (nSPS) is 14.0. The predicted molar refractivity (Wildman–Crippen MR) is 111 cm³/mol. The monoisotopic (exact) mass is 417 g/mol. The Hall–Kier alpha value is -2.29. The van der Waals surface area contributed by atoms with Gasteiger partial charge in [-0.15, -0.1) is 0 Å². The van der Waals surface area contributed by atoms with Gasteiger partial charge in [0.2, 0.25) is 10.0 Å². The molecule has 28 heavy (non-hydrogen) atoms. The SMILES string of the molecule is Cc1ccc(S(=O)(=O)NC(C(=O)N=c2sc3ccccc3n2C)C(C)C)cc1. The van der Waals surface area contributed by atoms with E-state index in [2.05, 4.69) is 9.71 Å². The number of carbonyl (C=O) groups is 1. The number of nitrogens with one attached hydrogen (secondary N) is 1. The highest BCUT2D eigenvalue weighted by Crippen LogP contribution is 2.16. The van der Waals surface area contributed by atoms with Gasteiger partial charge in [-0.2, -0.15) is 9.71 Å². The molecule has 1 aromatic heterocycles. The smallest absolute Gasteiger partial charge is 0.266 e. The van der Waals surface area contributed by atoms with Crippen LogP contribution < -0.4 is 9.52 Å². The number of rotatable bonds is 5. The molecule has 0 fully saturated rings. The van der Waals surface area contributed by atoms with E-state index >= 15 is 0 Å². The summed E-state index contributed by atoms with van der Waals surface area (Å²) >= 11 is 1.40.